The van der Waals surface area contributed by atoms with Crippen LogP contribution in [0.4, 0.5) is 0 Å². The molecule has 1 aliphatic heterocycles. The van der Waals surface area contributed by atoms with Gasteiger partial charge in [-0.1, -0.05) is 13.8 Å². The summed E-state index contributed by atoms with van der Waals surface area (Å²) in [5.41, 5.74) is 1.46. The third-order valence-corrected chi connectivity index (χ3v) is 6.64. The van der Waals surface area contributed by atoms with E-state index in [1.54, 1.807) is 0 Å². The Morgan fingerprint density at radius 2 is 1.95 bits per heavy atom. The molecule has 0 saturated carbocycles. The van der Waals surface area contributed by atoms with E-state index in [9.17, 15) is 0 Å². The van der Waals surface area contributed by atoms with Crippen LogP contribution in [0, 0.1) is 19.3 Å². The van der Waals surface area contributed by atoms with Crippen LogP contribution in [0.15, 0.2) is 0 Å². The summed E-state index contributed by atoms with van der Waals surface area (Å²) in [5, 5.41) is 5.15. The molecular weight excluding hydrogens is 272 g/mol. The van der Waals surface area contributed by atoms with Gasteiger partial charge in [0.25, 0.3) is 0 Å². The van der Waals surface area contributed by atoms with Gasteiger partial charge in [-0.2, -0.15) is 11.8 Å². The predicted octanol–water partition coefficient (Wildman–Crippen LogP) is 4.12. The highest BCUT2D eigenvalue weighted by molar-refractivity contribution is 7.99. The minimum absolute atomic E-state index is 0.0216. The lowest BCUT2D eigenvalue weighted by Crippen LogP contribution is -2.59. The fraction of sp³-hybridized carbons (Fsp3) is 0.800. The van der Waals surface area contributed by atoms with Crippen molar-refractivity contribution >= 4 is 23.1 Å². The maximum atomic E-state index is 4.90. The van der Waals surface area contributed by atoms with Gasteiger partial charge in [0.15, 0.2) is 0 Å². The number of thiazole rings is 1. The number of aryl methyl sites for hydroxylation is 2. The molecule has 4 heteroatoms. The van der Waals surface area contributed by atoms with Crippen molar-refractivity contribution in [3.05, 3.63) is 15.6 Å². The third-order valence-electron chi connectivity index (χ3n) is 4.27. The second-order valence-corrected chi connectivity index (χ2v) is 8.86. The number of thioether (sulfide) groups is 1. The van der Waals surface area contributed by atoms with Gasteiger partial charge in [-0.25, -0.2) is 4.98 Å². The Balaban J connectivity index is 2.50. The summed E-state index contributed by atoms with van der Waals surface area (Å²) >= 11 is 3.94. The maximum absolute atomic E-state index is 4.90. The monoisotopic (exact) mass is 298 g/mol. The van der Waals surface area contributed by atoms with Crippen LogP contribution in [-0.4, -0.2) is 22.5 Å². The van der Waals surface area contributed by atoms with E-state index >= 15 is 0 Å². The van der Waals surface area contributed by atoms with E-state index in [1.807, 2.05) is 11.3 Å². The van der Waals surface area contributed by atoms with E-state index in [4.69, 9.17) is 4.98 Å². The highest BCUT2D eigenvalue weighted by Crippen LogP contribution is 2.50. The average molecular weight is 299 g/mol. The van der Waals surface area contributed by atoms with Gasteiger partial charge in [-0.15, -0.1) is 11.3 Å². The number of aromatic nitrogens is 1. The highest BCUT2D eigenvalue weighted by atomic mass is 32.2. The Morgan fingerprint density at radius 1 is 1.26 bits per heavy atom. The molecule has 1 atom stereocenters. The van der Waals surface area contributed by atoms with Gasteiger partial charge in [0.1, 0.15) is 5.01 Å². The van der Waals surface area contributed by atoms with Gasteiger partial charge in [0, 0.05) is 16.7 Å². The summed E-state index contributed by atoms with van der Waals surface area (Å²) in [7, 11) is 0. The minimum atomic E-state index is 0.0216. The molecule has 0 amide bonds. The lowest BCUT2D eigenvalue weighted by molar-refractivity contribution is 0.118. The summed E-state index contributed by atoms with van der Waals surface area (Å²) in [6.45, 7) is 13.6. The lowest BCUT2D eigenvalue weighted by atomic mass is 9.70. The van der Waals surface area contributed by atoms with Gasteiger partial charge < -0.3 is 5.32 Å². The lowest BCUT2D eigenvalue weighted by Gasteiger charge is -2.50. The average Bonchev–Trinajstić information content (AvgIpc) is 2.62. The van der Waals surface area contributed by atoms with Gasteiger partial charge in [0.2, 0.25) is 0 Å². The molecular formula is C15H26N2S2. The number of nitrogens with zero attached hydrogens (tertiary/aromatic N) is 1. The molecule has 1 aromatic heterocycles. The fourth-order valence-corrected chi connectivity index (χ4v) is 5.81. The molecule has 0 aliphatic carbocycles. The maximum Gasteiger partial charge on any atom is 0.115 e. The van der Waals surface area contributed by atoms with Crippen molar-refractivity contribution in [1.29, 1.82) is 0 Å². The SMILES string of the molecule is Cc1nc(C2(NC(C)C)CSCCC2(C)C)sc1C. The summed E-state index contributed by atoms with van der Waals surface area (Å²) in [5.74, 6) is 2.39. The van der Waals surface area contributed by atoms with Crippen LogP contribution in [0.25, 0.3) is 0 Å². The largest absolute Gasteiger partial charge is 0.302 e. The van der Waals surface area contributed by atoms with Crippen molar-refractivity contribution in [3.8, 4) is 0 Å². The second kappa shape index (κ2) is 5.38. The smallest absolute Gasteiger partial charge is 0.115 e. The quantitative estimate of drug-likeness (QED) is 0.909. The van der Waals surface area contributed by atoms with E-state index in [2.05, 4.69) is 58.6 Å². The van der Waals surface area contributed by atoms with Gasteiger partial charge in [-0.05, 0) is 45.3 Å². The van der Waals surface area contributed by atoms with Crippen molar-refractivity contribution in [2.75, 3.05) is 11.5 Å². The molecule has 1 unspecified atom stereocenters. The third kappa shape index (κ3) is 2.72. The molecule has 0 bridgehead atoms. The first kappa shape index (κ1) is 15.3. The van der Waals surface area contributed by atoms with Gasteiger partial charge >= 0.3 is 0 Å². The molecule has 19 heavy (non-hydrogen) atoms. The zero-order chi connectivity index (χ0) is 14.3. The zero-order valence-corrected chi connectivity index (χ0v) is 14.6. The predicted molar refractivity (Wildman–Crippen MR) is 87.3 cm³/mol. The first-order valence-electron chi connectivity index (χ1n) is 7.08. The van der Waals surface area contributed by atoms with Crippen LogP contribution in [0.3, 0.4) is 0 Å². The van der Waals surface area contributed by atoms with Crippen LogP contribution in [0.1, 0.15) is 49.7 Å². The van der Waals surface area contributed by atoms with Crippen LogP contribution >= 0.6 is 23.1 Å². The van der Waals surface area contributed by atoms with Gasteiger partial charge in [-0.3, -0.25) is 0 Å². The Bertz CT molecular complexity index is 431. The number of rotatable bonds is 3. The standard InChI is InChI=1S/C15H26N2S2/c1-10(2)17-15(9-18-8-7-14(15,5)6)13-16-11(3)12(4)19-13/h10,17H,7-9H2,1-6H3. The van der Waals surface area contributed by atoms with E-state index in [0.29, 0.717) is 6.04 Å². The van der Waals surface area contributed by atoms with Crippen molar-refractivity contribution in [1.82, 2.24) is 10.3 Å². The van der Waals surface area contributed by atoms with Gasteiger partial charge in [0.05, 0.1) is 11.2 Å². The molecule has 0 aromatic carbocycles. The second-order valence-electron chi connectivity index (χ2n) is 6.55. The molecule has 1 aromatic rings. The Hall–Kier alpha value is -0.0600. The van der Waals surface area contributed by atoms with Crippen molar-refractivity contribution in [2.45, 2.75) is 59.5 Å². The molecule has 1 aliphatic rings. The normalized spacial score (nSPS) is 26.9. The van der Waals surface area contributed by atoms with Crippen molar-refractivity contribution in [3.63, 3.8) is 0 Å². The molecule has 2 heterocycles. The molecule has 0 spiro atoms. The topological polar surface area (TPSA) is 24.9 Å². The van der Waals surface area contributed by atoms with Crippen molar-refractivity contribution in [2.24, 2.45) is 5.41 Å². The summed E-state index contributed by atoms with van der Waals surface area (Å²) in [6.07, 6.45) is 1.25. The zero-order valence-electron chi connectivity index (χ0n) is 13.0. The van der Waals surface area contributed by atoms with Crippen molar-refractivity contribution < 1.29 is 0 Å². The highest BCUT2D eigenvalue weighted by Gasteiger charge is 2.50. The minimum Gasteiger partial charge on any atom is -0.302 e. The number of hydrogen-bond acceptors (Lipinski definition) is 4. The van der Waals surface area contributed by atoms with Crippen LogP contribution in [0.5, 0.6) is 0 Å². The Kier molecular flexibility index (Phi) is 4.34. The van der Waals surface area contributed by atoms with E-state index in [1.165, 1.54) is 27.8 Å². The molecule has 108 valence electrons. The molecule has 1 saturated heterocycles. The molecule has 2 rings (SSSR count). The summed E-state index contributed by atoms with van der Waals surface area (Å²) < 4.78 is 0. The Labute approximate surface area is 125 Å². The molecule has 1 fully saturated rings. The fourth-order valence-electron chi connectivity index (χ4n) is 2.76. The number of hydrogen-bond donors (Lipinski definition) is 1. The van der Waals surface area contributed by atoms with Crippen LogP contribution in [-0.2, 0) is 5.54 Å². The Morgan fingerprint density at radius 3 is 2.42 bits per heavy atom. The molecule has 1 N–H and O–H groups in total. The van der Waals surface area contributed by atoms with E-state index < -0.39 is 0 Å². The first-order chi connectivity index (χ1) is 8.78. The molecule has 2 nitrogen and oxygen atoms in total. The summed E-state index contributed by atoms with van der Waals surface area (Å²) in [6, 6.07) is 0.475. The van der Waals surface area contributed by atoms with E-state index in [0.717, 1.165) is 5.75 Å². The molecule has 0 radical (unpaired) electrons. The number of nitrogens with one attached hydrogen (secondary N) is 1. The summed E-state index contributed by atoms with van der Waals surface area (Å²) in [4.78, 5) is 6.25. The van der Waals surface area contributed by atoms with E-state index in [-0.39, 0.29) is 11.0 Å². The first-order valence-corrected chi connectivity index (χ1v) is 9.05. The van der Waals surface area contributed by atoms with Crippen LogP contribution < -0.4 is 5.32 Å². The van der Waals surface area contributed by atoms with Crippen LogP contribution in [0.2, 0.25) is 0 Å².